The monoisotopic (exact) mass is 464 g/mol. The SMILES string of the molecule is C[C@H]1[C@H](NS(=O)(=O)N2CC=C(c3ccc(Cl)cc3)CC2)[C@H]1c1ccccc1.O=C(O)O. The third-order valence-electron chi connectivity index (χ3n) is 5.58. The zero-order valence-electron chi connectivity index (χ0n) is 17.0. The maximum atomic E-state index is 12.8. The van der Waals surface area contributed by atoms with Crippen LogP contribution in [-0.2, 0) is 10.2 Å². The van der Waals surface area contributed by atoms with E-state index in [1.54, 1.807) is 0 Å². The van der Waals surface area contributed by atoms with Crippen molar-refractivity contribution >= 4 is 33.5 Å². The minimum absolute atomic E-state index is 0.0287. The van der Waals surface area contributed by atoms with Crippen LogP contribution >= 0.6 is 11.6 Å². The van der Waals surface area contributed by atoms with Crippen LogP contribution in [-0.4, -0.2) is 48.2 Å². The van der Waals surface area contributed by atoms with Crippen molar-refractivity contribution < 1.29 is 23.4 Å². The summed E-state index contributed by atoms with van der Waals surface area (Å²) in [6, 6.07) is 17.8. The van der Waals surface area contributed by atoms with Crippen LogP contribution in [0.15, 0.2) is 60.7 Å². The molecule has 1 aliphatic heterocycles. The molecular weight excluding hydrogens is 440 g/mol. The summed E-state index contributed by atoms with van der Waals surface area (Å²) in [5.41, 5.74) is 3.46. The highest BCUT2D eigenvalue weighted by Crippen LogP contribution is 2.47. The number of benzene rings is 2. The molecule has 0 unspecified atom stereocenters. The Bertz CT molecular complexity index is 1040. The Morgan fingerprint density at radius 3 is 2.26 bits per heavy atom. The van der Waals surface area contributed by atoms with Gasteiger partial charge in [-0.2, -0.15) is 17.4 Å². The van der Waals surface area contributed by atoms with Crippen molar-refractivity contribution in [1.29, 1.82) is 0 Å². The van der Waals surface area contributed by atoms with E-state index < -0.39 is 16.4 Å². The second-order valence-corrected chi connectivity index (χ2v) is 9.71. The van der Waals surface area contributed by atoms with Crippen LogP contribution in [0.2, 0.25) is 5.02 Å². The Morgan fingerprint density at radius 1 is 1.10 bits per heavy atom. The summed E-state index contributed by atoms with van der Waals surface area (Å²) in [4.78, 5) is 8.56. The van der Waals surface area contributed by atoms with Gasteiger partial charge in [0.25, 0.3) is 10.2 Å². The maximum absolute atomic E-state index is 12.8. The molecule has 9 heteroatoms. The van der Waals surface area contributed by atoms with Crippen LogP contribution in [0.1, 0.15) is 30.4 Å². The van der Waals surface area contributed by atoms with Crippen LogP contribution in [0.25, 0.3) is 5.57 Å². The number of carboxylic acid groups (broad SMARTS) is 2. The van der Waals surface area contributed by atoms with Crippen LogP contribution in [0.4, 0.5) is 4.79 Å². The topological polar surface area (TPSA) is 107 Å². The van der Waals surface area contributed by atoms with E-state index in [4.69, 9.17) is 26.6 Å². The summed E-state index contributed by atoms with van der Waals surface area (Å²) >= 11 is 5.94. The average Bonchev–Trinajstić information content (AvgIpc) is 3.36. The quantitative estimate of drug-likeness (QED) is 0.612. The van der Waals surface area contributed by atoms with Gasteiger partial charge in [0.05, 0.1) is 0 Å². The summed E-state index contributed by atoms with van der Waals surface area (Å²) in [5.74, 6) is 0.568. The van der Waals surface area contributed by atoms with E-state index in [0.29, 0.717) is 30.5 Å². The molecular formula is C22H25ClN2O5S. The molecule has 0 bridgehead atoms. The van der Waals surface area contributed by atoms with Crippen LogP contribution in [0.5, 0.6) is 0 Å². The smallest absolute Gasteiger partial charge is 0.450 e. The molecule has 0 saturated heterocycles. The predicted molar refractivity (Wildman–Crippen MR) is 120 cm³/mol. The molecule has 0 radical (unpaired) electrons. The van der Waals surface area contributed by atoms with Crippen LogP contribution in [0.3, 0.4) is 0 Å². The van der Waals surface area contributed by atoms with Crippen molar-refractivity contribution in [1.82, 2.24) is 9.03 Å². The highest BCUT2D eigenvalue weighted by molar-refractivity contribution is 7.87. The van der Waals surface area contributed by atoms with Gasteiger partial charge in [0.15, 0.2) is 0 Å². The van der Waals surface area contributed by atoms with Crippen molar-refractivity contribution in [3.63, 3.8) is 0 Å². The fourth-order valence-electron chi connectivity index (χ4n) is 3.87. The average molecular weight is 465 g/mol. The molecule has 0 aromatic heterocycles. The summed E-state index contributed by atoms with van der Waals surface area (Å²) in [6.45, 7) is 2.98. The molecule has 1 heterocycles. The number of halogens is 1. The van der Waals surface area contributed by atoms with Crippen molar-refractivity contribution in [3.05, 3.63) is 76.8 Å². The first kappa shape index (κ1) is 23.3. The zero-order chi connectivity index (χ0) is 22.6. The molecule has 4 rings (SSSR count). The molecule has 3 N–H and O–H groups in total. The van der Waals surface area contributed by atoms with E-state index in [1.165, 1.54) is 15.4 Å². The summed E-state index contributed by atoms with van der Waals surface area (Å²) in [7, 11) is -3.49. The van der Waals surface area contributed by atoms with Gasteiger partial charge in [0.2, 0.25) is 0 Å². The molecule has 3 atom stereocenters. The number of hydrogen-bond donors (Lipinski definition) is 3. The van der Waals surface area contributed by atoms with Gasteiger partial charge in [-0.05, 0) is 41.2 Å². The first-order valence-corrected chi connectivity index (χ1v) is 11.7. The van der Waals surface area contributed by atoms with Gasteiger partial charge in [0, 0.05) is 30.1 Å². The molecule has 1 aliphatic carbocycles. The lowest BCUT2D eigenvalue weighted by Gasteiger charge is -2.26. The maximum Gasteiger partial charge on any atom is 0.503 e. The lowest BCUT2D eigenvalue weighted by Crippen LogP contribution is -2.44. The highest BCUT2D eigenvalue weighted by atomic mass is 35.5. The minimum Gasteiger partial charge on any atom is -0.450 e. The summed E-state index contributed by atoms with van der Waals surface area (Å²) in [5, 5.41) is 14.6. The summed E-state index contributed by atoms with van der Waals surface area (Å²) < 4.78 is 30.1. The Balaban J connectivity index is 0.000000628. The Morgan fingerprint density at radius 2 is 1.71 bits per heavy atom. The molecule has 166 valence electrons. The molecule has 2 aromatic carbocycles. The van der Waals surface area contributed by atoms with E-state index in [9.17, 15) is 8.42 Å². The number of hydrogen-bond acceptors (Lipinski definition) is 3. The normalized spacial score (nSPS) is 23.3. The molecule has 31 heavy (non-hydrogen) atoms. The number of nitrogens with zero attached hydrogens (tertiary/aromatic N) is 1. The standard InChI is InChI=1S/C21H23ClN2O2S.CH2O3/c1-15-20(18-5-3-2-4-6-18)21(15)23-27(25,26)24-13-11-17(12-14-24)16-7-9-19(22)10-8-16;2-1(3)4/h2-11,15,20-21,23H,12-14H2,1H3;(H2,2,3,4)/t15-,20-,21+;/m1./s1. The van der Waals surface area contributed by atoms with Crippen molar-refractivity contribution in [2.45, 2.75) is 25.3 Å². The van der Waals surface area contributed by atoms with Crippen molar-refractivity contribution in [2.24, 2.45) is 5.92 Å². The largest absolute Gasteiger partial charge is 0.503 e. The third kappa shape index (κ3) is 6.07. The molecule has 1 saturated carbocycles. The molecule has 1 fully saturated rings. The van der Waals surface area contributed by atoms with Gasteiger partial charge in [-0.1, -0.05) is 67.1 Å². The Kier molecular flexibility index (Phi) is 7.38. The van der Waals surface area contributed by atoms with Gasteiger partial charge in [0.1, 0.15) is 0 Å². The predicted octanol–water partition coefficient (Wildman–Crippen LogP) is 4.29. The molecule has 7 nitrogen and oxygen atoms in total. The van der Waals surface area contributed by atoms with Gasteiger partial charge >= 0.3 is 6.16 Å². The van der Waals surface area contributed by atoms with Gasteiger partial charge in [-0.3, -0.25) is 0 Å². The minimum atomic E-state index is -3.49. The van der Waals surface area contributed by atoms with Gasteiger partial charge < -0.3 is 10.2 Å². The van der Waals surface area contributed by atoms with E-state index >= 15 is 0 Å². The first-order chi connectivity index (χ1) is 14.7. The van der Waals surface area contributed by atoms with Crippen LogP contribution in [0, 0.1) is 5.92 Å². The zero-order valence-corrected chi connectivity index (χ0v) is 18.6. The van der Waals surface area contributed by atoms with Crippen molar-refractivity contribution in [3.8, 4) is 0 Å². The highest BCUT2D eigenvalue weighted by Gasteiger charge is 2.50. The van der Waals surface area contributed by atoms with Gasteiger partial charge in [-0.25, -0.2) is 4.79 Å². The number of carbonyl (C=O) groups is 1. The van der Waals surface area contributed by atoms with E-state index in [0.717, 1.165) is 5.56 Å². The van der Waals surface area contributed by atoms with E-state index in [-0.39, 0.29) is 12.0 Å². The molecule has 2 aromatic rings. The van der Waals surface area contributed by atoms with Gasteiger partial charge in [-0.15, -0.1) is 0 Å². The molecule has 2 aliphatic rings. The lowest BCUT2D eigenvalue weighted by molar-refractivity contribution is 0.137. The first-order valence-electron chi connectivity index (χ1n) is 9.88. The number of rotatable bonds is 5. The Labute approximate surface area is 187 Å². The van der Waals surface area contributed by atoms with Crippen LogP contribution < -0.4 is 4.72 Å². The molecule has 0 spiro atoms. The third-order valence-corrected chi connectivity index (χ3v) is 7.41. The lowest BCUT2D eigenvalue weighted by atomic mass is 10.0. The second kappa shape index (κ2) is 9.82. The van der Waals surface area contributed by atoms with E-state index in [2.05, 4.69) is 23.8 Å². The second-order valence-electron chi connectivity index (χ2n) is 7.57. The fourth-order valence-corrected chi connectivity index (χ4v) is 5.45. The van der Waals surface area contributed by atoms with Crippen molar-refractivity contribution in [2.75, 3.05) is 13.1 Å². The number of nitrogens with one attached hydrogen (secondary N) is 1. The fraction of sp³-hybridized carbons (Fsp3) is 0.318. The Hall–Kier alpha value is -2.39. The van der Waals surface area contributed by atoms with E-state index in [1.807, 2.05) is 48.5 Å². The summed E-state index contributed by atoms with van der Waals surface area (Å²) in [6.07, 6.45) is 0.863. The molecule has 0 amide bonds.